The number of carbonyl (C=O) groups is 2. The van der Waals surface area contributed by atoms with Crippen LogP contribution in [0.4, 0.5) is 0 Å². The van der Waals surface area contributed by atoms with Crippen molar-refractivity contribution >= 4 is 21.8 Å². The second-order valence-corrected chi connectivity index (χ2v) is 9.94. The zero-order valence-corrected chi connectivity index (χ0v) is 19.8. The van der Waals surface area contributed by atoms with Crippen molar-refractivity contribution in [3.63, 3.8) is 0 Å². The molecule has 1 saturated heterocycles. The molecular formula is C24H31N3O5S. The number of hydrogen-bond donors (Lipinski definition) is 2. The number of benzene rings is 2. The number of amides is 2. The Morgan fingerprint density at radius 3 is 2.39 bits per heavy atom. The van der Waals surface area contributed by atoms with Crippen LogP contribution >= 0.6 is 0 Å². The number of nitrogens with zero attached hydrogens (tertiary/aromatic N) is 1. The predicted molar refractivity (Wildman–Crippen MR) is 125 cm³/mol. The molecule has 0 unspecified atom stereocenters. The van der Waals surface area contributed by atoms with Gasteiger partial charge in [-0.1, -0.05) is 30.3 Å². The zero-order valence-electron chi connectivity index (χ0n) is 19.0. The maximum absolute atomic E-state index is 13.4. The minimum absolute atomic E-state index is 0.0711. The third-order valence-electron chi connectivity index (χ3n) is 5.84. The summed E-state index contributed by atoms with van der Waals surface area (Å²) in [6, 6.07) is 12.9. The van der Waals surface area contributed by atoms with Crippen molar-refractivity contribution in [2.45, 2.75) is 44.0 Å². The van der Waals surface area contributed by atoms with E-state index >= 15 is 0 Å². The van der Waals surface area contributed by atoms with E-state index in [2.05, 4.69) is 4.72 Å². The van der Waals surface area contributed by atoms with Gasteiger partial charge in [0.15, 0.2) is 0 Å². The number of sulfonamides is 1. The molecule has 2 aromatic rings. The van der Waals surface area contributed by atoms with Crippen molar-refractivity contribution in [2.24, 2.45) is 11.7 Å². The molecule has 1 heterocycles. The second kappa shape index (κ2) is 10.8. The van der Waals surface area contributed by atoms with E-state index in [0.717, 1.165) is 5.56 Å². The zero-order chi connectivity index (χ0) is 24.0. The standard InChI is InChI=1S/C24H31N3O5S/c1-3-32-22-10-9-20(15-17(22)2)33(30,31)26-21(16-18-7-5-4-6-8-18)24(29)27-13-11-19(12-14-27)23(25)28/h4-10,15,19,21,26H,3,11-14,16H2,1-2H3,(H2,25,28)/t21-/m1/s1. The summed E-state index contributed by atoms with van der Waals surface area (Å²) in [5, 5.41) is 0. The highest BCUT2D eigenvalue weighted by Gasteiger charge is 2.33. The molecule has 0 aliphatic carbocycles. The summed E-state index contributed by atoms with van der Waals surface area (Å²) >= 11 is 0. The molecule has 8 nitrogen and oxygen atoms in total. The minimum atomic E-state index is -3.97. The Bertz CT molecular complexity index is 1080. The van der Waals surface area contributed by atoms with Gasteiger partial charge in [0.25, 0.3) is 0 Å². The van der Waals surface area contributed by atoms with E-state index in [0.29, 0.717) is 43.9 Å². The summed E-state index contributed by atoms with van der Waals surface area (Å²) in [5.74, 6) is -0.321. The first-order valence-corrected chi connectivity index (χ1v) is 12.6. The van der Waals surface area contributed by atoms with Crippen LogP contribution in [0.3, 0.4) is 0 Å². The van der Waals surface area contributed by atoms with Gasteiger partial charge in [0.05, 0.1) is 11.5 Å². The van der Waals surface area contributed by atoms with Crippen LogP contribution in [0.25, 0.3) is 0 Å². The van der Waals surface area contributed by atoms with Gasteiger partial charge in [0.2, 0.25) is 21.8 Å². The second-order valence-electron chi connectivity index (χ2n) is 8.23. The highest BCUT2D eigenvalue weighted by Crippen LogP contribution is 2.23. The van der Waals surface area contributed by atoms with Crippen LogP contribution in [-0.4, -0.2) is 50.9 Å². The largest absolute Gasteiger partial charge is 0.494 e. The molecule has 3 N–H and O–H groups in total. The number of piperidine rings is 1. The third-order valence-corrected chi connectivity index (χ3v) is 7.31. The van der Waals surface area contributed by atoms with E-state index in [9.17, 15) is 18.0 Å². The van der Waals surface area contributed by atoms with E-state index in [1.807, 2.05) is 37.3 Å². The number of likely N-dealkylation sites (tertiary alicyclic amines) is 1. The Kier molecular flexibility index (Phi) is 8.10. The SMILES string of the molecule is CCOc1ccc(S(=O)(=O)N[C@H](Cc2ccccc2)C(=O)N2CCC(C(N)=O)CC2)cc1C. The summed E-state index contributed by atoms with van der Waals surface area (Å²) in [6.07, 6.45) is 1.17. The highest BCUT2D eigenvalue weighted by molar-refractivity contribution is 7.89. The average molecular weight is 474 g/mol. The van der Waals surface area contributed by atoms with Crippen molar-refractivity contribution in [2.75, 3.05) is 19.7 Å². The number of aryl methyl sites for hydroxylation is 1. The molecule has 1 aliphatic rings. The Balaban J connectivity index is 1.82. The number of hydrogen-bond acceptors (Lipinski definition) is 5. The summed E-state index contributed by atoms with van der Waals surface area (Å²) in [5.41, 5.74) is 6.93. The number of nitrogens with one attached hydrogen (secondary N) is 1. The molecule has 0 radical (unpaired) electrons. The lowest BCUT2D eigenvalue weighted by molar-refractivity contribution is -0.136. The molecule has 0 aromatic heterocycles. The van der Waals surface area contributed by atoms with Gasteiger partial charge in [0, 0.05) is 19.0 Å². The molecule has 2 amide bonds. The highest BCUT2D eigenvalue weighted by atomic mass is 32.2. The first-order chi connectivity index (χ1) is 15.7. The Morgan fingerprint density at radius 1 is 1.15 bits per heavy atom. The van der Waals surface area contributed by atoms with Crippen molar-refractivity contribution in [3.05, 3.63) is 59.7 Å². The fraction of sp³-hybridized carbons (Fsp3) is 0.417. The van der Waals surface area contributed by atoms with Crippen LogP contribution in [0, 0.1) is 12.8 Å². The molecule has 0 bridgehead atoms. The number of primary amides is 1. The van der Waals surface area contributed by atoms with Crippen LogP contribution in [0.1, 0.15) is 30.9 Å². The molecule has 3 rings (SSSR count). The summed E-state index contributed by atoms with van der Waals surface area (Å²) in [6.45, 7) is 4.84. The van der Waals surface area contributed by atoms with Crippen LogP contribution < -0.4 is 15.2 Å². The van der Waals surface area contributed by atoms with Crippen molar-refractivity contribution in [3.8, 4) is 5.75 Å². The number of nitrogens with two attached hydrogens (primary N) is 1. The summed E-state index contributed by atoms with van der Waals surface area (Å²) < 4.78 is 34.5. The molecule has 1 fully saturated rings. The van der Waals surface area contributed by atoms with Gasteiger partial charge in [-0.05, 0) is 62.4 Å². The topological polar surface area (TPSA) is 119 Å². The molecule has 0 saturated carbocycles. The van der Waals surface area contributed by atoms with E-state index in [1.165, 1.54) is 12.1 Å². The van der Waals surface area contributed by atoms with Crippen LogP contribution in [0.15, 0.2) is 53.4 Å². The molecule has 33 heavy (non-hydrogen) atoms. The van der Waals surface area contributed by atoms with E-state index in [1.54, 1.807) is 17.9 Å². The fourth-order valence-corrected chi connectivity index (χ4v) is 5.27. The van der Waals surface area contributed by atoms with Crippen molar-refractivity contribution in [1.82, 2.24) is 9.62 Å². The Morgan fingerprint density at radius 2 is 1.82 bits per heavy atom. The maximum atomic E-state index is 13.4. The van der Waals surface area contributed by atoms with Crippen molar-refractivity contribution in [1.29, 1.82) is 0 Å². The van der Waals surface area contributed by atoms with Gasteiger partial charge in [-0.2, -0.15) is 4.72 Å². The number of rotatable bonds is 9. The van der Waals surface area contributed by atoms with Gasteiger partial charge in [-0.25, -0.2) is 8.42 Å². The van der Waals surface area contributed by atoms with Crippen LogP contribution in [0.2, 0.25) is 0 Å². The molecule has 0 spiro atoms. The monoisotopic (exact) mass is 473 g/mol. The number of ether oxygens (including phenoxy) is 1. The van der Waals surface area contributed by atoms with E-state index < -0.39 is 16.1 Å². The molecule has 1 aliphatic heterocycles. The number of carbonyl (C=O) groups excluding carboxylic acids is 2. The third kappa shape index (κ3) is 6.33. The van der Waals surface area contributed by atoms with Crippen LogP contribution in [0.5, 0.6) is 5.75 Å². The Labute approximate surface area is 195 Å². The van der Waals surface area contributed by atoms with Gasteiger partial charge >= 0.3 is 0 Å². The van der Waals surface area contributed by atoms with E-state index in [-0.39, 0.29) is 29.0 Å². The maximum Gasteiger partial charge on any atom is 0.241 e. The fourth-order valence-electron chi connectivity index (χ4n) is 4.00. The lowest BCUT2D eigenvalue weighted by atomic mass is 9.95. The predicted octanol–water partition coefficient (Wildman–Crippen LogP) is 2.01. The molecule has 9 heteroatoms. The van der Waals surface area contributed by atoms with Gasteiger partial charge in [0.1, 0.15) is 11.8 Å². The average Bonchev–Trinajstić information content (AvgIpc) is 2.80. The van der Waals surface area contributed by atoms with E-state index in [4.69, 9.17) is 10.5 Å². The normalized spacial score (nSPS) is 15.8. The summed E-state index contributed by atoms with van der Waals surface area (Å²) in [4.78, 5) is 26.5. The first kappa shape index (κ1) is 24.7. The first-order valence-electron chi connectivity index (χ1n) is 11.1. The molecule has 2 aromatic carbocycles. The lowest BCUT2D eigenvalue weighted by Crippen LogP contribution is -2.52. The van der Waals surface area contributed by atoms with Gasteiger partial charge in [-0.15, -0.1) is 0 Å². The minimum Gasteiger partial charge on any atom is -0.494 e. The summed E-state index contributed by atoms with van der Waals surface area (Å²) in [7, 11) is -3.97. The lowest BCUT2D eigenvalue weighted by Gasteiger charge is -2.33. The molecular weight excluding hydrogens is 442 g/mol. The smallest absolute Gasteiger partial charge is 0.241 e. The van der Waals surface area contributed by atoms with Crippen LogP contribution in [-0.2, 0) is 26.0 Å². The molecule has 1 atom stereocenters. The molecule has 178 valence electrons. The quantitative estimate of drug-likeness (QED) is 0.577. The van der Waals surface area contributed by atoms with Gasteiger partial charge < -0.3 is 15.4 Å². The van der Waals surface area contributed by atoms with Gasteiger partial charge in [-0.3, -0.25) is 9.59 Å². The Hall–Kier alpha value is -2.91. The van der Waals surface area contributed by atoms with Crippen molar-refractivity contribution < 1.29 is 22.7 Å².